The van der Waals surface area contributed by atoms with Gasteiger partial charge in [0, 0.05) is 112 Å². The molecule has 4 heterocycles. The van der Waals surface area contributed by atoms with Crippen LogP contribution in [0.15, 0.2) is 119 Å². The van der Waals surface area contributed by atoms with Crippen LogP contribution in [0.2, 0.25) is 0 Å². The Labute approximate surface area is 411 Å². The number of aromatic nitrogens is 2. The highest BCUT2D eigenvalue weighted by Gasteiger charge is 2.25. The molecule has 2 aromatic heterocycles. The van der Waals surface area contributed by atoms with Gasteiger partial charge in [-0.05, 0) is 72.1 Å². The van der Waals surface area contributed by atoms with E-state index in [9.17, 15) is 38.2 Å². The second-order valence-electron chi connectivity index (χ2n) is 17.6. The van der Waals surface area contributed by atoms with Crippen LogP contribution in [0.5, 0.6) is 0 Å². The van der Waals surface area contributed by atoms with Crippen molar-refractivity contribution in [3.05, 3.63) is 175 Å². The topological polar surface area (TPSA) is 132 Å². The van der Waals surface area contributed by atoms with E-state index in [1.54, 1.807) is 33.4 Å². The highest BCUT2D eigenvalue weighted by molar-refractivity contribution is 5.95. The molecule has 2 aliphatic rings. The van der Waals surface area contributed by atoms with Crippen molar-refractivity contribution in [3.8, 4) is 0 Å². The van der Waals surface area contributed by atoms with E-state index in [1.807, 2.05) is 72.2 Å². The van der Waals surface area contributed by atoms with Gasteiger partial charge in [-0.3, -0.25) is 19.4 Å². The normalized spacial score (nSPS) is 14.5. The fourth-order valence-electron chi connectivity index (χ4n) is 9.81. The van der Waals surface area contributed by atoms with Gasteiger partial charge in [-0.25, -0.2) is 27.2 Å². The molecule has 2 saturated heterocycles. The summed E-state index contributed by atoms with van der Waals surface area (Å²) in [4.78, 5) is 56.5. The number of anilines is 2. The Balaban J connectivity index is 0.000000188. The summed E-state index contributed by atoms with van der Waals surface area (Å²) >= 11 is 0. The molecule has 12 nitrogen and oxygen atoms in total. The Morgan fingerprint density at radius 2 is 0.831 bits per heavy atom. The number of aromatic carboxylic acids is 2. The quantitative estimate of drug-likeness (QED) is 0.128. The molecule has 2 aliphatic heterocycles. The van der Waals surface area contributed by atoms with Crippen molar-refractivity contribution in [2.24, 2.45) is 0 Å². The van der Waals surface area contributed by atoms with Crippen LogP contribution in [0.25, 0.3) is 43.4 Å². The number of aryl methyl sites for hydroxylation is 2. The molecular weight excluding hydrogens is 940 g/mol. The van der Waals surface area contributed by atoms with Gasteiger partial charge in [-0.15, -0.1) is 12.4 Å². The van der Waals surface area contributed by atoms with Crippen LogP contribution < -0.4 is 20.7 Å². The summed E-state index contributed by atoms with van der Waals surface area (Å²) in [6.45, 7) is 11.1. The summed E-state index contributed by atoms with van der Waals surface area (Å²) < 4.78 is 61.9. The fourth-order valence-corrected chi connectivity index (χ4v) is 9.81. The minimum absolute atomic E-state index is 0. The van der Waals surface area contributed by atoms with Crippen molar-refractivity contribution >= 4 is 79.1 Å². The van der Waals surface area contributed by atoms with E-state index in [4.69, 9.17) is 0 Å². The number of carboxylic acids is 2. The maximum absolute atomic E-state index is 15.1. The summed E-state index contributed by atoms with van der Waals surface area (Å²) in [6, 6.07) is 27.1. The molecule has 6 aromatic carbocycles. The molecule has 0 amide bonds. The number of hydrogen-bond donors (Lipinski definition) is 2. The average Bonchev–Trinajstić information content (AvgIpc) is 3.36. The van der Waals surface area contributed by atoms with Crippen molar-refractivity contribution in [2.75, 3.05) is 62.2 Å². The van der Waals surface area contributed by atoms with Crippen molar-refractivity contribution in [1.82, 2.24) is 18.9 Å². The zero-order valence-corrected chi connectivity index (χ0v) is 39.8. The first-order valence-corrected chi connectivity index (χ1v) is 23.2. The monoisotopic (exact) mass is 990 g/mol. The van der Waals surface area contributed by atoms with Gasteiger partial charge < -0.3 is 29.1 Å². The molecule has 0 unspecified atom stereocenters. The molecular formula is C54H51ClF4N6O6. The minimum Gasteiger partial charge on any atom is -0.477 e. The maximum atomic E-state index is 15.1. The van der Waals surface area contributed by atoms with Crippen molar-refractivity contribution in [2.45, 2.75) is 40.0 Å². The van der Waals surface area contributed by atoms with E-state index < -0.39 is 34.4 Å². The first-order chi connectivity index (χ1) is 33.7. The lowest BCUT2D eigenvalue weighted by atomic mass is 10.0. The summed E-state index contributed by atoms with van der Waals surface area (Å²) in [5, 5.41) is 21.8. The molecule has 17 heteroatoms. The second-order valence-corrected chi connectivity index (χ2v) is 17.6. The maximum Gasteiger partial charge on any atom is 0.341 e. The first kappa shape index (κ1) is 50.1. The lowest BCUT2D eigenvalue weighted by Gasteiger charge is -2.36. The van der Waals surface area contributed by atoms with E-state index in [-0.39, 0.29) is 45.9 Å². The third-order valence-corrected chi connectivity index (χ3v) is 13.6. The average molecular weight is 991 g/mol. The number of fused-ring (bicyclic) bond motifs is 4. The standard InChI is InChI=1S/2C27H25F2N3O3.ClH/c2*1-2-31-16-21(27(34)35)26(33)20-13-23(29)25(14-24(20)31)32-11-9-30(10-12-32)15-17-7-8-22(28)19-6-4-3-5-18(17)19;/h2*3-8,13-14,16H,2,9-12,15H2,1H3,(H,34,35);1H. The SMILES string of the molecule is CCn1cc(C(=O)O)c(=O)c2cc(F)c(N3CCN(Cc4ccc(F)c5ccccc45)CC3)cc21.CCn1cc(C(=O)O)c(=O)c2cc(F)c(N3CCN(Cc4ccc(F)c5ccccc45)CC3)cc21.Cl. The van der Waals surface area contributed by atoms with E-state index >= 15 is 8.78 Å². The number of carboxylic acid groups (broad SMARTS) is 2. The number of benzene rings is 6. The Bertz CT molecular complexity index is 3250. The van der Waals surface area contributed by atoms with E-state index in [0.29, 0.717) is 112 Å². The molecule has 0 spiro atoms. The summed E-state index contributed by atoms with van der Waals surface area (Å²) in [7, 11) is 0. The largest absolute Gasteiger partial charge is 0.477 e. The van der Waals surface area contributed by atoms with Crippen LogP contribution in [0.4, 0.5) is 28.9 Å². The second kappa shape index (κ2) is 21.0. The Kier molecular flexibility index (Phi) is 14.8. The van der Waals surface area contributed by atoms with Crippen molar-refractivity contribution < 1.29 is 37.4 Å². The third-order valence-electron chi connectivity index (χ3n) is 13.6. The first-order valence-electron chi connectivity index (χ1n) is 23.2. The van der Waals surface area contributed by atoms with Gasteiger partial charge in [-0.1, -0.05) is 60.7 Å². The number of pyridine rings is 2. The van der Waals surface area contributed by atoms with Crippen molar-refractivity contribution in [1.29, 1.82) is 0 Å². The predicted octanol–water partition coefficient (Wildman–Crippen LogP) is 9.37. The van der Waals surface area contributed by atoms with Gasteiger partial charge in [0.1, 0.15) is 34.4 Å². The number of rotatable bonds is 10. The van der Waals surface area contributed by atoms with Gasteiger partial charge in [-0.2, -0.15) is 0 Å². The lowest BCUT2D eigenvalue weighted by Crippen LogP contribution is -2.46. The molecule has 0 saturated carbocycles. The molecule has 2 N–H and O–H groups in total. The van der Waals surface area contributed by atoms with Crippen LogP contribution in [0.3, 0.4) is 0 Å². The molecule has 368 valence electrons. The van der Waals surface area contributed by atoms with Crippen LogP contribution in [0.1, 0.15) is 45.7 Å². The number of piperazine rings is 2. The Hall–Kier alpha value is -7.27. The molecule has 0 atom stereocenters. The van der Waals surface area contributed by atoms with Gasteiger partial charge in [0.25, 0.3) is 0 Å². The minimum atomic E-state index is -1.33. The van der Waals surface area contributed by atoms with Gasteiger partial charge in [0.2, 0.25) is 10.9 Å². The Morgan fingerprint density at radius 1 is 0.479 bits per heavy atom. The molecule has 2 fully saturated rings. The van der Waals surface area contributed by atoms with Gasteiger partial charge in [0.05, 0.1) is 22.4 Å². The van der Waals surface area contributed by atoms with Gasteiger partial charge in [0.15, 0.2) is 0 Å². The van der Waals surface area contributed by atoms with Crippen LogP contribution >= 0.6 is 12.4 Å². The van der Waals surface area contributed by atoms with E-state index in [1.165, 1.54) is 24.5 Å². The molecule has 71 heavy (non-hydrogen) atoms. The third kappa shape index (κ3) is 9.92. The van der Waals surface area contributed by atoms with Crippen LogP contribution in [-0.2, 0) is 26.2 Å². The molecule has 0 aliphatic carbocycles. The summed E-state index contributed by atoms with van der Waals surface area (Å²) in [5.41, 5.74) is 1.82. The highest BCUT2D eigenvalue weighted by Crippen LogP contribution is 2.30. The van der Waals surface area contributed by atoms with Crippen molar-refractivity contribution in [3.63, 3.8) is 0 Å². The van der Waals surface area contributed by atoms with E-state index in [0.717, 1.165) is 34.0 Å². The summed E-state index contributed by atoms with van der Waals surface area (Å²) in [5.74, 6) is -4.21. The smallest absolute Gasteiger partial charge is 0.341 e. The zero-order chi connectivity index (χ0) is 49.4. The summed E-state index contributed by atoms with van der Waals surface area (Å²) in [6.07, 6.45) is 2.64. The van der Waals surface area contributed by atoms with Gasteiger partial charge >= 0.3 is 11.9 Å². The number of halogens is 5. The fraction of sp³-hybridized carbons (Fsp3) is 0.259. The lowest BCUT2D eigenvalue weighted by molar-refractivity contribution is 0.0684. The molecule has 0 radical (unpaired) electrons. The number of hydrogen-bond acceptors (Lipinski definition) is 8. The van der Waals surface area contributed by atoms with Crippen LogP contribution in [0, 0.1) is 23.3 Å². The van der Waals surface area contributed by atoms with E-state index in [2.05, 4.69) is 9.80 Å². The molecule has 10 rings (SSSR count). The van der Waals surface area contributed by atoms with Crippen LogP contribution in [-0.4, -0.2) is 93.4 Å². The Morgan fingerprint density at radius 3 is 1.17 bits per heavy atom. The highest BCUT2D eigenvalue weighted by atomic mass is 35.5. The predicted molar refractivity (Wildman–Crippen MR) is 272 cm³/mol. The molecule has 0 bridgehead atoms. The number of carbonyl (C=O) groups is 2. The number of nitrogens with zero attached hydrogens (tertiary/aromatic N) is 6. The molecule has 8 aromatic rings. The zero-order valence-electron chi connectivity index (χ0n) is 39.0.